The first-order valence-corrected chi connectivity index (χ1v) is 6.79. The Morgan fingerprint density at radius 3 is 2.12 bits per heavy atom. The molecule has 17 heavy (non-hydrogen) atoms. The maximum Gasteiger partial charge on any atom is 0.309 e. The molecule has 2 heteroatoms. The van der Waals surface area contributed by atoms with Crippen molar-refractivity contribution in [3.8, 4) is 0 Å². The van der Waals surface area contributed by atoms with Gasteiger partial charge in [-0.15, -0.1) is 0 Å². The van der Waals surface area contributed by atoms with Crippen LogP contribution >= 0.6 is 0 Å². The monoisotopic (exact) mass is 238 g/mol. The summed E-state index contributed by atoms with van der Waals surface area (Å²) in [7, 11) is 0. The molecule has 1 heterocycles. The normalized spacial score (nSPS) is 38.1. The number of esters is 1. The Hall–Kier alpha value is -0.530. The van der Waals surface area contributed by atoms with E-state index in [1.54, 1.807) is 0 Å². The number of fused-ring (bicyclic) bond motifs is 1. The predicted octanol–water partition coefficient (Wildman–Crippen LogP) is 3.50. The average molecular weight is 238 g/mol. The molecule has 2 aliphatic rings. The quantitative estimate of drug-likeness (QED) is 0.604. The Bertz CT molecular complexity index is 319. The second-order valence-electron chi connectivity index (χ2n) is 8.02. The number of cyclic esters (lactones) is 1. The molecule has 2 nitrogen and oxygen atoms in total. The topological polar surface area (TPSA) is 26.3 Å². The van der Waals surface area contributed by atoms with Gasteiger partial charge in [-0.1, -0.05) is 41.5 Å². The number of hydrogen-bond donors (Lipinski definition) is 0. The third-order valence-electron chi connectivity index (χ3n) is 4.71. The van der Waals surface area contributed by atoms with Crippen LogP contribution in [0.1, 0.15) is 48.0 Å². The van der Waals surface area contributed by atoms with E-state index in [1.165, 1.54) is 0 Å². The minimum absolute atomic E-state index is 0.0571. The van der Waals surface area contributed by atoms with Crippen LogP contribution in [-0.4, -0.2) is 12.6 Å². The lowest BCUT2D eigenvalue weighted by atomic mass is 9.63. The van der Waals surface area contributed by atoms with Gasteiger partial charge in [0.2, 0.25) is 0 Å². The molecular formula is C15H26O2. The third kappa shape index (κ3) is 2.11. The largest absolute Gasteiger partial charge is 0.465 e. The Morgan fingerprint density at radius 2 is 1.65 bits per heavy atom. The number of carbonyl (C=O) groups excluding carboxylic acids is 1. The molecule has 2 fully saturated rings. The Kier molecular flexibility index (Phi) is 2.83. The summed E-state index contributed by atoms with van der Waals surface area (Å²) in [6.07, 6.45) is 1.15. The van der Waals surface area contributed by atoms with Crippen LogP contribution in [0, 0.1) is 34.5 Å². The molecule has 0 aromatic carbocycles. The molecule has 2 rings (SSSR count). The smallest absolute Gasteiger partial charge is 0.309 e. The summed E-state index contributed by atoms with van der Waals surface area (Å²) in [6, 6.07) is 0. The highest BCUT2D eigenvalue weighted by molar-refractivity contribution is 5.75. The first kappa shape index (κ1) is 12.9. The van der Waals surface area contributed by atoms with Crippen molar-refractivity contribution in [2.45, 2.75) is 48.0 Å². The summed E-state index contributed by atoms with van der Waals surface area (Å²) in [5, 5.41) is 0. The van der Waals surface area contributed by atoms with Crippen molar-refractivity contribution in [2.24, 2.45) is 34.5 Å². The van der Waals surface area contributed by atoms with E-state index < -0.39 is 0 Å². The molecule has 98 valence electrons. The van der Waals surface area contributed by atoms with Gasteiger partial charge in [-0.25, -0.2) is 0 Å². The van der Waals surface area contributed by atoms with Crippen LogP contribution in [0.15, 0.2) is 0 Å². The number of carbonyl (C=O) groups is 1. The van der Waals surface area contributed by atoms with Crippen LogP contribution in [0.25, 0.3) is 0 Å². The van der Waals surface area contributed by atoms with Crippen molar-refractivity contribution < 1.29 is 9.53 Å². The van der Waals surface area contributed by atoms with Crippen LogP contribution in [0.2, 0.25) is 0 Å². The van der Waals surface area contributed by atoms with Gasteiger partial charge in [-0.2, -0.15) is 0 Å². The fourth-order valence-electron chi connectivity index (χ4n) is 3.99. The van der Waals surface area contributed by atoms with Gasteiger partial charge in [0.05, 0.1) is 12.5 Å². The lowest BCUT2D eigenvalue weighted by Gasteiger charge is -2.41. The van der Waals surface area contributed by atoms with Gasteiger partial charge in [0, 0.05) is 5.92 Å². The molecular weight excluding hydrogens is 212 g/mol. The second kappa shape index (κ2) is 3.73. The van der Waals surface area contributed by atoms with Crippen LogP contribution in [-0.2, 0) is 9.53 Å². The number of rotatable bonds is 0. The van der Waals surface area contributed by atoms with Crippen molar-refractivity contribution >= 4 is 5.97 Å². The molecule has 4 unspecified atom stereocenters. The zero-order valence-corrected chi connectivity index (χ0v) is 12.0. The maximum absolute atomic E-state index is 12.0. The van der Waals surface area contributed by atoms with Gasteiger partial charge in [-0.3, -0.25) is 4.79 Å². The lowest BCUT2D eigenvalue weighted by molar-refractivity contribution is -0.144. The SMILES string of the molecule is CC(C)(C)C1CC2COC(=O)C2C1C(C)(C)C. The molecule has 1 saturated heterocycles. The van der Waals surface area contributed by atoms with E-state index in [-0.39, 0.29) is 22.7 Å². The Balaban J connectivity index is 2.35. The van der Waals surface area contributed by atoms with Crippen LogP contribution in [0.4, 0.5) is 0 Å². The summed E-state index contributed by atoms with van der Waals surface area (Å²) >= 11 is 0. The summed E-state index contributed by atoms with van der Waals surface area (Å²) in [6.45, 7) is 14.4. The summed E-state index contributed by atoms with van der Waals surface area (Å²) in [5.74, 6) is 1.77. The number of hydrogen-bond acceptors (Lipinski definition) is 2. The molecule has 0 bridgehead atoms. The van der Waals surface area contributed by atoms with E-state index in [2.05, 4.69) is 41.5 Å². The summed E-state index contributed by atoms with van der Waals surface area (Å²) in [4.78, 5) is 12.0. The van der Waals surface area contributed by atoms with Crippen LogP contribution in [0.5, 0.6) is 0 Å². The van der Waals surface area contributed by atoms with Gasteiger partial charge in [0.25, 0.3) is 0 Å². The van der Waals surface area contributed by atoms with Gasteiger partial charge < -0.3 is 4.74 Å². The van der Waals surface area contributed by atoms with Crippen molar-refractivity contribution in [3.05, 3.63) is 0 Å². The van der Waals surface area contributed by atoms with E-state index >= 15 is 0 Å². The zero-order valence-electron chi connectivity index (χ0n) is 12.0. The Labute approximate surface area is 105 Å². The third-order valence-corrected chi connectivity index (χ3v) is 4.71. The van der Waals surface area contributed by atoms with Gasteiger partial charge in [0.1, 0.15) is 0 Å². The van der Waals surface area contributed by atoms with E-state index in [1.807, 2.05) is 0 Å². The maximum atomic E-state index is 12.0. The van der Waals surface area contributed by atoms with Gasteiger partial charge >= 0.3 is 5.97 Å². The van der Waals surface area contributed by atoms with E-state index in [0.29, 0.717) is 24.4 Å². The molecule has 0 aromatic heterocycles. The Morgan fingerprint density at radius 1 is 1.06 bits per heavy atom. The fraction of sp³-hybridized carbons (Fsp3) is 0.933. The van der Waals surface area contributed by atoms with E-state index in [0.717, 1.165) is 6.42 Å². The molecule has 1 saturated carbocycles. The minimum atomic E-state index is 0.0571. The number of ether oxygens (including phenoxy) is 1. The molecule has 0 N–H and O–H groups in total. The molecule has 0 spiro atoms. The van der Waals surface area contributed by atoms with Gasteiger partial charge in [0.15, 0.2) is 0 Å². The van der Waals surface area contributed by atoms with Gasteiger partial charge in [-0.05, 0) is 29.1 Å². The first-order chi connectivity index (χ1) is 7.62. The minimum Gasteiger partial charge on any atom is -0.465 e. The van der Waals surface area contributed by atoms with Crippen molar-refractivity contribution in [1.29, 1.82) is 0 Å². The van der Waals surface area contributed by atoms with Crippen LogP contribution in [0.3, 0.4) is 0 Å². The first-order valence-electron chi connectivity index (χ1n) is 6.79. The predicted molar refractivity (Wildman–Crippen MR) is 68.4 cm³/mol. The summed E-state index contributed by atoms with van der Waals surface area (Å²) < 4.78 is 5.27. The molecule has 0 amide bonds. The second-order valence-corrected chi connectivity index (χ2v) is 8.02. The molecule has 4 atom stereocenters. The van der Waals surface area contributed by atoms with Crippen molar-refractivity contribution in [3.63, 3.8) is 0 Å². The van der Waals surface area contributed by atoms with E-state index in [4.69, 9.17) is 4.74 Å². The van der Waals surface area contributed by atoms with Crippen LogP contribution < -0.4 is 0 Å². The highest BCUT2D eigenvalue weighted by Crippen LogP contribution is 2.57. The van der Waals surface area contributed by atoms with Crippen molar-refractivity contribution in [2.75, 3.05) is 6.61 Å². The zero-order chi connectivity index (χ0) is 13.0. The molecule has 0 radical (unpaired) electrons. The lowest BCUT2D eigenvalue weighted by Crippen LogP contribution is -2.37. The highest BCUT2D eigenvalue weighted by Gasteiger charge is 2.57. The molecule has 0 aromatic rings. The van der Waals surface area contributed by atoms with E-state index in [9.17, 15) is 4.79 Å². The average Bonchev–Trinajstić information content (AvgIpc) is 2.63. The summed E-state index contributed by atoms with van der Waals surface area (Å²) in [5.41, 5.74) is 0.462. The standard InChI is InChI=1S/C15H26O2/c1-14(2,3)10-7-9-8-17-13(16)11(9)12(10)15(4,5)6/h9-12H,7-8H2,1-6H3. The molecule has 1 aliphatic carbocycles. The fourth-order valence-corrected chi connectivity index (χ4v) is 3.99. The van der Waals surface area contributed by atoms with Crippen molar-refractivity contribution in [1.82, 2.24) is 0 Å². The molecule has 1 aliphatic heterocycles. The highest BCUT2D eigenvalue weighted by atomic mass is 16.5.